The molecule has 0 aromatic carbocycles. The lowest BCUT2D eigenvalue weighted by Gasteiger charge is -2.20. The van der Waals surface area contributed by atoms with Crippen LogP contribution in [-0.4, -0.2) is 34.8 Å². The van der Waals surface area contributed by atoms with E-state index in [1.165, 1.54) is 6.20 Å². The van der Waals surface area contributed by atoms with E-state index in [9.17, 15) is 26.7 Å². The lowest BCUT2D eigenvalue weighted by Crippen LogP contribution is -2.42. The van der Waals surface area contributed by atoms with Crippen molar-refractivity contribution in [3.8, 4) is 5.75 Å². The van der Waals surface area contributed by atoms with Gasteiger partial charge in [-0.15, -0.1) is 0 Å². The molecule has 0 bridgehead atoms. The third-order valence-electron chi connectivity index (χ3n) is 2.95. The molecular formula is C12H10F5NO3. The molecule has 21 heavy (non-hydrogen) atoms. The Hall–Kier alpha value is -1.93. The summed E-state index contributed by atoms with van der Waals surface area (Å²) in [7, 11) is 0. The fraction of sp³-hybridized carbons (Fsp3) is 0.500. The van der Waals surface area contributed by atoms with Crippen LogP contribution < -0.4 is 4.74 Å². The van der Waals surface area contributed by atoms with Crippen molar-refractivity contribution >= 4 is 5.97 Å². The molecule has 1 saturated carbocycles. The minimum absolute atomic E-state index is 0.117. The second kappa shape index (κ2) is 5.12. The predicted octanol–water partition coefficient (Wildman–Crippen LogP) is 3.23. The van der Waals surface area contributed by atoms with Gasteiger partial charge in [0.25, 0.3) is 0 Å². The Balaban J connectivity index is 2.21. The summed E-state index contributed by atoms with van der Waals surface area (Å²) < 4.78 is 66.2. The van der Waals surface area contributed by atoms with E-state index in [2.05, 4.69) is 9.72 Å². The smallest absolute Gasteiger partial charge is 0.456 e. The normalized spacial score (nSPS) is 15.9. The highest BCUT2D eigenvalue weighted by atomic mass is 19.4. The van der Waals surface area contributed by atoms with Crippen LogP contribution in [0.2, 0.25) is 0 Å². The number of halogens is 5. The number of pyridine rings is 1. The number of aromatic nitrogens is 1. The van der Waals surface area contributed by atoms with E-state index in [-0.39, 0.29) is 5.92 Å². The maximum atomic E-state index is 12.8. The summed E-state index contributed by atoms with van der Waals surface area (Å²) in [5.41, 5.74) is -0.136. The highest BCUT2D eigenvalue weighted by Gasteiger charge is 2.58. The molecule has 9 heteroatoms. The Bertz CT molecular complexity index is 554. The van der Waals surface area contributed by atoms with Gasteiger partial charge in [0.15, 0.2) is 18.1 Å². The summed E-state index contributed by atoms with van der Waals surface area (Å²) >= 11 is 0. The monoisotopic (exact) mass is 311 g/mol. The van der Waals surface area contributed by atoms with E-state index in [4.69, 9.17) is 5.11 Å². The zero-order valence-electron chi connectivity index (χ0n) is 10.5. The molecule has 1 fully saturated rings. The van der Waals surface area contributed by atoms with Crippen LogP contribution in [-0.2, 0) is 0 Å². The minimum atomic E-state index is -5.77. The summed E-state index contributed by atoms with van der Waals surface area (Å²) in [6.45, 7) is -1.99. The highest BCUT2D eigenvalue weighted by Crippen LogP contribution is 2.41. The number of carbonyl (C=O) groups is 1. The molecule has 1 aliphatic rings. The standard InChI is InChI=1S/C12H10F5NO3/c13-11(14,12(15,16)17)5-21-8-3-7(6-1-2-6)4-18-9(8)10(19)20/h3-4,6H,1-2,5H2,(H,19,20). The molecule has 1 aromatic heterocycles. The Kier molecular flexibility index (Phi) is 3.77. The first kappa shape index (κ1) is 15.5. The van der Waals surface area contributed by atoms with Crippen molar-refractivity contribution in [3.05, 3.63) is 23.5 Å². The maximum Gasteiger partial charge on any atom is 0.456 e. The van der Waals surface area contributed by atoms with E-state index >= 15 is 0 Å². The Morgan fingerprint density at radius 1 is 1.33 bits per heavy atom. The molecular weight excluding hydrogens is 301 g/mol. The Labute approximate surface area is 115 Å². The van der Waals surface area contributed by atoms with Gasteiger partial charge in [0.05, 0.1) is 0 Å². The summed E-state index contributed by atoms with van der Waals surface area (Å²) in [6.07, 6.45) is -2.85. The van der Waals surface area contributed by atoms with Crippen LogP contribution in [0.4, 0.5) is 22.0 Å². The molecule has 0 aliphatic heterocycles. The van der Waals surface area contributed by atoms with Crippen molar-refractivity contribution < 1.29 is 36.6 Å². The van der Waals surface area contributed by atoms with Gasteiger partial charge in [-0.25, -0.2) is 9.78 Å². The zero-order chi connectivity index (χ0) is 15.8. The molecule has 2 rings (SSSR count). The fourth-order valence-corrected chi connectivity index (χ4v) is 1.62. The number of carboxylic acids is 1. The van der Waals surface area contributed by atoms with E-state index in [1.54, 1.807) is 0 Å². The van der Waals surface area contributed by atoms with Gasteiger partial charge in [-0.2, -0.15) is 22.0 Å². The molecule has 0 radical (unpaired) electrons. The number of hydrogen-bond acceptors (Lipinski definition) is 3. The van der Waals surface area contributed by atoms with E-state index in [0.717, 1.165) is 18.9 Å². The van der Waals surface area contributed by atoms with Gasteiger partial charge in [-0.05, 0) is 30.4 Å². The molecule has 0 unspecified atom stereocenters. The number of rotatable bonds is 5. The molecule has 116 valence electrons. The van der Waals surface area contributed by atoms with Gasteiger partial charge >= 0.3 is 18.1 Å². The van der Waals surface area contributed by atoms with E-state index < -0.39 is 36.1 Å². The van der Waals surface area contributed by atoms with Crippen LogP contribution in [0.1, 0.15) is 34.8 Å². The fourth-order valence-electron chi connectivity index (χ4n) is 1.62. The van der Waals surface area contributed by atoms with Gasteiger partial charge in [0.2, 0.25) is 0 Å². The third kappa shape index (κ3) is 3.40. The van der Waals surface area contributed by atoms with Crippen LogP contribution in [0.25, 0.3) is 0 Å². The second-order valence-corrected chi connectivity index (χ2v) is 4.69. The van der Waals surface area contributed by atoms with Crippen LogP contribution in [0.5, 0.6) is 5.75 Å². The Morgan fingerprint density at radius 3 is 2.43 bits per heavy atom. The molecule has 0 atom stereocenters. The van der Waals surface area contributed by atoms with E-state index in [1.807, 2.05) is 0 Å². The lowest BCUT2D eigenvalue weighted by atomic mass is 10.1. The van der Waals surface area contributed by atoms with Gasteiger partial charge in [0, 0.05) is 6.20 Å². The first-order chi connectivity index (χ1) is 9.62. The van der Waals surface area contributed by atoms with E-state index in [0.29, 0.717) is 5.56 Å². The molecule has 0 saturated heterocycles. The van der Waals surface area contributed by atoms with Gasteiger partial charge in [-0.1, -0.05) is 0 Å². The number of alkyl halides is 5. The molecule has 0 spiro atoms. The number of aromatic carboxylic acids is 1. The largest absolute Gasteiger partial charge is 0.484 e. The number of carboxylic acid groups (broad SMARTS) is 1. The number of ether oxygens (including phenoxy) is 1. The molecule has 1 aliphatic carbocycles. The third-order valence-corrected chi connectivity index (χ3v) is 2.95. The van der Waals surface area contributed by atoms with Gasteiger partial charge in [0.1, 0.15) is 0 Å². The summed E-state index contributed by atoms with van der Waals surface area (Å²) in [6, 6.07) is 1.15. The molecule has 1 aromatic rings. The molecule has 4 nitrogen and oxygen atoms in total. The first-order valence-electron chi connectivity index (χ1n) is 5.92. The first-order valence-corrected chi connectivity index (χ1v) is 5.92. The summed E-state index contributed by atoms with van der Waals surface area (Å²) in [5.74, 6) is -7.11. The molecule has 0 amide bonds. The average molecular weight is 311 g/mol. The lowest BCUT2D eigenvalue weighted by molar-refractivity contribution is -0.290. The predicted molar refractivity (Wildman–Crippen MR) is 59.7 cm³/mol. The van der Waals surface area contributed by atoms with Crippen molar-refractivity contribution in [2.24, 2.45) is 0 Å². The van der Waals surface area contributed by atoms with Crippen LogP contribution in [0.15, 0.2) is 12.3 Å². The minimum Gasteiger partial charge on any atom is -0.484 e. The van der Waals surface area contributed by atoms with Gasteiger partial charge in [-0.3, -0.25) is 0 Å². The second-order valence-electron chi connectivity index (χ2n) is 4.69. The Morgan fingerprint density at radius 2 is 1.95 bits per heavy atom. The van der Waals surface area contributed by atoms with Crippen molar-refractivity contribution in [3.63, 3.8) is 0 Å². The van der Waals surface area contributed by atoms with Crippen molar-refractivity contribution in [2.75, 3.05) is 6.61 Å². The quantitative estimate of drug-likeness (QED) is 0.848. The number of nitrogens with zero attached hydrogens (tertiary/aromatic N) is 1. The topological polar surface area (TPSA) is 59.4 Å². The maximum absolute atomic E-state index is 12.8. The van der Waals surface area contributed by atoms with Crippen LogP contribution in [0, 0.1) is 0 Å². The summed E-state index contributed by atoms with van der Waals surface area (Å²) in [5, 5.41) is 8.85. The average Bonchev–Trinajstić information content (AvgIpc) is 3.18. The molecule has 1 heterocycles. The number of hydrogen-bond donors (Lipinski definition) is 1. The zero-order valence-corrected chi connectivity index (χ0v) is 10.5. The highest BCUT2D eigenvalue weighted by molar-refractivity contribution is 5.88. The van der Waals surface area contributed by atoms with Crippen molar-refractivity contribution in [1.82, 2.24) is 4.98 Å². The van der Waals surface area contributed by atoms with Crippen molar-refractivity contribution in [2.45, 2.75) is 30.9 Å². The molecule has 1 N–H and O–H groups in total. The van der Waals surface area contributed by atoms with Crippen molar-refractivity contribution in [1.29, 1.82) is 0 Å². The SMILES string of the molecule is O=C(O)c1ncc(C2CC2)cc1OCC(F)(F)C(F)(F)F. The van der Waals surface area contributed by atoms with Gasteiger partial charge < -0.3 is 9.84 Å². The summed E-state index contributed by atoms with van der Waals surface area (Å²) in [4.78, 5) is 14.4. The van der Waals surface area contributed by atoms with Crippen LogP contribution in [0.3, 0.4) is 0 Å². The van der Waals surface area contributed by atoms with Crippen LogP contribution >= 0.6 is 0 Å².